The van der Waals surface area contributed by atoms with Crippen LogP contribution in [-0.2, 0) is 6.54 Å². The molecule has 132 valence electrons. The molecule has 1 unspecified atom stereocenters. The second-order valence-electron chi connectivity index (χ2n) is 5.67. The number of nitrogens with zero attached hydrogens (tertiary/aromatic N) is 2. The first kappa shape index (κ1) is 19.0. The molecule has 5 nitrogen and oxygen atoms in total. The summed E-state index contributed by atoms with van der Waals surface area (Å²) in [4.78, 5) is 14.5. The molecule has 1 aromatic carbocycles. The number of thiophene rings is 1. The normalized spacial score (nSPS) is 11.8. The lowest BCUT2D eigenvalue weighted by Crippen LogP contribution is -2.41. The number of nitrogens with one attached hydrogen (secondary N) is 2. The highest BCUT2D eigenvalue weighted by molar-refractivity contribution is 7.07. The first-order valence-electron chi connectivity index (χ1n) is 8.44. The fourth-order valence-corrected chi connectivity index (χ4v) is 3.48. The van der Waals surface area contributed by atoms with Crippen molar-refractivity contribution in [3.8, 4) is 6.07 Å². The average molecular weight is 356 g/mol. The Bertz CT molecular complexity index is 704. The van der Waals surface area contributed by atoms with E-state index in [2.05, 4.69) is 52.3 Å². The van der Waals surface area contributed by atoms with E-state index in [0.29, 0.717) is 18.7 Å². The number of carbonyl (C=O) groups is 1. The highest BCUT2D eigenvalue weighted by Crippen LogP contribution is 2.22. The van der Waals surface area contributed by atoms with Crippen molar-refractivity contribution < 1.29 is 4.79 Å². The SMILES string of the molecule is CCN(CC)C(CNC(=O)NCc1cccc(C#N)c1)c1ccsc1. The topological polar surface area (TPSA) is 68.2 Å². The Morgan fingerprint density at radius 2 is 2.08 bits per heavy atom. The quantitative estimate of drug-likeness (QED) is 0.761. The molecular formula is C19H24N4OS. The standard InChI is InChI=1S/C19H24N4OS/c1-3-23(4-2)18(17-8-9-25-14-17)13-22-19(24)21-12-16-7-5-6-15(10-16)11-20/h5-10,14,18H,3-4,12-13H2,1-2H3,(H2,21,22,24). The van der Waals surface area contributed by atoms with Crippen molar-refractivity contribution in [3.05, 3.63) is 57.8 Å². The number of carbonyl (C=O) groups excluding carboxylic acids is 1. The third-order valence-electron chi connectivity index (χ3n) is 4.15. The summed E-state index contributed by atoms with van der Waals surface area (Å²) in [5, 5.41) is 18.9. The molecule has 2 N–H and O–H groups in total. The van der Waals surface area contributed by atoms with Crippen LogP contribution in [0.2, 0.25) is 0 Å². The van der Waals surface area contributed by atoms with Crippen molar-refractivity contribution in [1.82, 2.24) is 15.5 Å². The summed E-state index contributed by atoms with van der Waals surface area (Å²) in [7, 11) is 0. The van der Waals surface area contributed by atoms with Gasteiger partial charge in [0.1, 0.15) is 0 Å². The van der Waals surface area contributed by atoms with E-state index in [0.717, 1.165) is 18.7 Å². The lowest BCUT2D eigenvalue weighted by Gasteiger charge is -2.29. The van der Waals surface area contributed by atoms with Crippen LogP contribution in [0.4, 0.5) is 4.79 Å². The van der Waals surface area contributed by atoms with Gasteiger partial charge in [-0.25, -0.2) is 4.79 Å². The number of nitriles is 1. The third-order valence-corrected chi connectivity index (χ3v) is 4.85. The molecule has 6 heteroatoms. The van der Waals surface area contributed by atoms with Crippen LogP contribution in [0.15, 0.2) is 41.1 Å². The number of likely N-dealkylation sites (N-methyl/N-ethyl adjacent to an activating group) is 1. The van der Waals surface area contributed by atoms with Crippen molar-refractivity contribution in [2.45, 2.75) is 26.4 Å². The van der Waals surface area contributed by atoms with Gasteiger partial charge in [0, 0.05) is 13.1 Å². The molecule has 1 atom stereocenters. The molecule has 0 saturated carbocycles. The first-order valence-corrected chi connectivity index (χ1v) is 9.39. The monoisotopic (exact) mass is 356 g/mol. The zero-order valence-electron chi connectivity index (χ0n) is 14.7. The minimum absolute atomic E-state index is 0.175. The molecule has 1 aromatic heterocycles. The predicted molar refractivity (Wildman–Crippen MR) is 101 cm³/mol. The molecule has 2 aromatic rings. The van der Waals surface area contributed by atoms with Crippen LogP contribution in [-0.4, -0.2) is 30.6 Å². The van der Waals surface area contributed by atoms with Crippen molar-refractivity contribution in [1.29, 1.82) is 5.26 Å². The van der Waals surface area contributed by atoms with E-state index < -0.39 is 0 Å². The van der Waals surface area contributed by atoms with Crippen molar-refractivity contribution in [2.75, 3.05) is 19.6 Å². The van der Waals surface area contributed by atoms with E-state index in [1.54, 1.807) is 23.5 Å². The van der Waals surface area contributed by atoms with Crippen LogP contribution >= 0.6 is 11.3 Å². The molecule has 0 saturated heterocycles. The molecule has 2 amide bonds. The van der Waals surface area contributed by atoms with Crippen LogP contribution < -0.4 is 10.6 Å². The molecule has 0 aliphatic carbocycles. The lowest BCUT2D eigenvalue weighted by atomic mass is 10.1. The van der Waals surface area contributed by atoms with E-state index in [4.69, 9.17) is 5.26 Å². The molecule has 0 aliphatic rings. The molecule has 1 heterocycles. The third kappa shape index (κ3) is 5.59. The number of urea groups is 1. The minimum Gasteiger partial charge on any atom is -0.336 e. The fraction of sp³-hybridized carbons (Fsp3) is 0.368. The Morgan fingerprint density at radius 1 is 1.28 bits per heavy atom. The van der Waals surface area contributed by atoms with E-state index in [1.807, 2.05) is 12.1 Å². The highest BCUT2D eigenvalue weighted by Gasteiger charge is 2.19. The Labute approximate surface area is 153 Å². The summed E-state index contributed by atoms with van der Waals surface area (Å²) in [6, 6.07) is 11.4. The van der Waals surface area contributed by atoms with Gasteiger partial charge in [0.15, 0.2) is 0 Å². The second kappa shape index (κ2) is 9.82. The van der Waals surface area contributed by atoms with Gasteiger partial charge in [-0.1, -0.05) is 26.0 Å². The van der Waals surface area contributed by atoms with Gasteiger partial charge in [-0.3, -0.25) is 4.90 Å². The number of hydrogen-bond donors (Lipinski definition) is 2. The average Bonchev–Trinajstić information content (AvgIpc) is 3.18. The number of rotatable bonds is 8. The number of hydrogen-bond acceptors (Lipinski definition) is 4. The van der Waals surface area contributed by atoms with Crippen molar-refractivity contribution in [2.24, 2.45) is 0 Å². The molecule has 0 radical (unpaired) electrons. The van der Waals surface area contributed by atoms with E-state index in [-0.39, 0.29) is 12.1 Å². The van der Waals surface area contributed by atoms with Crippen LogP contribution in [0, 0.1) is 11.3 Å². The summed E-state index contributed by atoms with van der Waals surface area (Å²) in [5.41, 5.74) is 2.74. The van der Waals surface area contributed by atoms with Gasteiger partial charge in [-0.15, -0.1) is 0 Å². The van der Waals surface area contributed by atoms with E-state index in [1.165, 1.54) is 5.56 Å². The molecular weight excluding hydrogens is 332 g/mol. The van der Waals surface area contributed by atoms with Gasteiger partial charge in [0.25, 0.3) is 0 Å². The Morgan fingerprint density at radius 3 is 2.72 bits per heavy atom. The Balaban J connectivity index is 1.89. The van der Waals surface area contributed by atoms with E-state index in [9.17, 15) is 4.79 Å². The molecule has 0 aliphatic heterocycles. The summed E-state index contributed by atoms with van der Waals surface area (Å²) in [6.45, 7) is 7.08. The zero-order valence-corrected chi connectivity index (χ0v) is 15.5. The summed E-state index contributed by atoms with van der Waals surface area (Å²) >= 11 is 1.67. The molecule has 25 heavy (non-hydrogen) atoms. The maximum Gasteiger partial charge on any atom is 0.315 e. The van der Waals surface area contributed by atoms with Crippen LogP contribution in [0.25, 0.3) is 0 Å². The molecule has 0 fully saturated rings. The summed E-state index contributed by atoms with van der Waals surface area (Å²) in [6.07, 6.45) is 0. The maximum absolute atomic E-state index is 12.1. The van der Waals surface area contributed by atoms with Crippen molar-refractivity contribution >= 4 is 17.4 Å². The van der Waals surface area contributed by atoms with Crippen LogP contribution in [0.1, 0.15) is 36.6 Å². The van der Waals surface area contributed by atoms with Gasteiger partial charge >= 0.3 is 6.03 Å². The van der Waals surface area contributed by atoms with Gasteiger partial charge < -0.3 is 10.6 Å². The van der Waals surface area contributed by atoms with Gasteiger partial charge in [-0.2, -0.15) is 16.6 Å². The maximum atomic E-state index is 12.1. The molecule has 2 rings (SSSR count). The fourth-order valence-electron chi connectivity index (χ4n) is 2.77. The summed E-state index contributed by atoms with van der Waals surface area (Å²) < 4.78 is 0. The lowest BCUT2D eigenvalue weighted by molar-refractivity contribution is 0.206. The smallest absolute Gasteiger partial charge is 0.315 e. The van der Waals surface area contributed by atoms with Gasteiger partial charge in [0.05, 0.1) is 17.7 Å². The minimum atomic E-state index is -0.199. The number of benzene rings is 1. The summed E-state index contributed by atoms with van der Waals surface area (Å²) in [5.74, 6) is 0. The van der Waals surface area contributed by atoms with E-state index >= 15 is 0 Å². The highest BCUT2D eigenvalue weighted by atomic mass is 32.1. The predicted octanol–water partition coefficient (Wildman–Crippen LogP) is 3.50. The number of amides is 2. The largest absolute Gasteiger partial charge is 0.336 e. The second-order valence-corrected chi connectivity index (χ2v) is 6.45. The Kier molecular flexibility index (Phi) is 7.45. The van der Waals surface area contributed by atoms with Crippen molar-refractivity contribution in [3.63, 3.8) is 0 Å². The van der Waals surface area contributed by atoms with Crippen LogP contribution in [0.5, 0.6) is 0 Å². The molecule has 0 spiro atoms. The molecule has 0 bridgehead atoms. The zero-order chi connectivity index (χ0) is 18.1. The Hall–Kier alpha value is -2.36. The first-order chi connectivity index (χ1) is 12.2. The van der Waals surface area contributed by atoms with Gasteiger partial charge in [0.2, 0.25) is 0 Å². The van der Waals surface area contributed by atoms with Gasteiger partial charge in [-0.05, 0) is 53.2 Å². The van der Waals surface area contributed by atoms with Crippen LogP contribution in [0.3, 0.4) is 0 Å².